The molecule has 0 saturated heterocycles. The van der Waals surface area contributed by atoms with Gasteiger partial charge in [-0.2, -0.15) is 0 Å². The number of carbonyl (C=O) groups is 1. The van der Waals surface area contributed by atoms with Gasteiger partial charge in [-0.25, -0.2) is 0 Å². The van der Waals surface area contributed by atoms with E-state index in [9.17, 15) is 4.79 Å². The van der Waals surface area contributed by atoms with Crippen LogP contribution in [-0.2, 0) is 15.1 Å². The largest absolute Gasteiger partial charge is 0.481 e. The molecular weight excluding hydrogens is 254 g/mol. The third kappa shape index (κ3) is 3.12. The van der Waals surface area contributed by atoms with Gasteiger partial charge >= 0.3 is 0 Å². The zero-order valence-corrected chi connectivity index (χ0v) is 11.4. The summed E-state index contributed by atoms with van der Waals surface area (Å²) in [5.41, 5.74) is 4.73. The molecule has 4 heteroatoms. The number of primary amides is 1. The number of rotatable bonds is 7. The van der Waals surface area contributed by atoms with Crippen LogP contribution >= 0.6 is 0 Å². The van der Waals surface area contributed by atoms with Crippen LogP contribution in [0.1, 0.15) is 18.9 Å². The zero-order valence-electron chi connectivity index (χ0n) is 11.4. The zero-order chi connectivity index (χ0) is 15.0. The van der Waals surface area contributed by atoms with Gasteiger partial charge in [-0.15, -0.1) is 12.8 Å². The first kappa shape index (κ1) is 15.6. The van der Waals surface area contributed by atoms with E-state index < -0.39 is 11.5 Å². The fraction of sp³-hybridized carbons (Fsp3) is 0.312. The third-order valence-electron chi connectivity index (χ3n) is 2.93. The van der Waals surface area contributed by atoms with E-state index in [1.165, 1.54) is 0 Å². The average Bonchev–Trinajstić information content (AvgIpc) is 2.47. The topological polar surface area (TPSA) is 61.6 Å². The van der Waals surface area contributed by atoms with Crippen LogP contribution < -0.4 is 10.5 Å². The summed E-state index contributed by atoms with van der Waals surface area (Å²) in [6.45, 7) is 1.85. The molecule has 0 spiro atoms. The smallest absolute Gasteiger partial charge is 0.254 e. The van der Waals surface area contributed by atoms with Gasteiger partial charge in [-0.3, -0.25) is 4.79 Å². The second-order valence-corrected chi connectivity index (χ2v) is 4.03. The molecule has 0 saturated carbocycles. The predicted molar refractivity (Wildman–Crippen MR) is 76.7 cm³/mol. The molecule has 1 atom stereocenters. The number of benzene rings is 1. The third-order valence-corrected chi connectivity index (χ3v) is 2.93. The summed E-state index contributed by atoms with van der Waals surface area (Å²) >= 11 is 0. The normalized spacial score (nSPS) is 12.8. The maximum absolute atomic E-state index is 11.9. The Labute approximate surface area is 119 Å². The number of hydrogen-bond acceptors (Lipinski definition) is 3. The summed E-state index contributed by atoms with van der Waals surface area (Å²) in [6.07, 6.45) is 10.7. The number of hydrogen-bond donors (Lipinski definition) is 1. The molecular formula is C16H17NO3. The molecule has 2 N–H and O–H groups in total. The SMILES string of the molecule is C#CCOc1ccccc1C(CC)(OCC#C)C(N)=O. The minimum absolute atomic E-state index is 0.0275. The van der Waals surface area contributed by atoms with Crippen molar-refractivity contribution in [2.24, 2.45) is 5.73 Å². The summed E-state index contributed by atoms with van der Waals surface area (Å²) in [5, 5.41) is 0. The van der Waals surface area contributed by atoms with Gasteiger partial charge in [-0.1, -0.05) is 37.0 Å². The van der Waals surface area contributed by atoms with Gasteiger partial charge in [0.05, 0.1) is 0 Å². The van der Waals surface area contributed by atoms with E-state index in [4.69, 9.17) is 28.1 Å². The molecule has 0 radical (unpaired) electrons. The molecule has 1 aromatic rings. The second-order valence-electron chi connectivity index (χ2n) is 4.03. The molecule has 1 aromatic carbocycles. The molecule has 1 unspecified atom stereocenters. The maximum atomic E-state index is 11.9. The Kier molecular flexibility index (Phi) is 5.65. The average molecular weight is 271 g/mol. The van der Waals surface area contributed by atoms with Gasteiger partial charge < -0.3 is 15.2 Å². The number of nitrogens with two attached hydrogens (primary N) is 1. The van der Waals surface area contributed by atoms with Gasteiger partial charge in [0, 0.05) is 5.56 Å². The number of para-hydroxylation sites is 1. The molecule has 0 aromatic heterocycles. The van der Waals surface area contributed by atoms with Gasteiger partial charge in [-0.05, 0) is 12.5 Å². The molecule has 104 valence electrons. The quantitative estimate of drug-likeness (QED) is 0.763. The van der Waals surface area contributed by atoms with Gasteiger partial charge in [0.15, 0.2) is 5.60 Å². The first-order valence-electron chi connectivity index (χ1n) is 6.15. The van der Waals surface area contributed by atoms with Crippen molar-refractivity contribution in [2.45, 2.75) is 18.9 Å². The summed E-state index contributed by atoms with van der Waals surface area (Å²) in [4.78, 5) is 11.9. The lowest BCUT2D eigenvalue weighted by atomic mass is 9.89. The van der Waals surface area contributed by atoms with Gasteiger partial charge in [0.2, 0.25) is 0 Å². The predicted octanol–water partition coefficient (Wildman–Crippen LogP) is 1.44. The number of amides is 1. The van der Waals surface area contributed by atoms with E-state index in [1.54, 1.807) is 31.2 Å². The van der Waals surface area contributed by atoms with E-state index in [0.29, 0.717) is 17.7 Å². The number of terminal acetylenes is 2. The second kappa shape index (κ2) is 7.23. The minimum Gasteiger partial charge on any atom is -0.481 e. The van der Waals surface area contributed by atoms with Crippen molar-refractivity contribution in [3.05, 3.63) is 29.8 Å². The molecule has 1 amide bonds. The monoisotopic (exact) mass is 271 g/mol. The maximum Gasteiger partial charge on any atom is 0.254 e. The van der Waals surface area contributed by atoms with Gasteiger partial charge in [0.25, 0.3) is 5.91 Å². The fourth-order valence-electron chi connectivity index (χ4n) is 1.96. The molecule has 1 rings (SSSR count). The Balaban J connectivity index is 3.30. The van der Waals surface area contributed by atoms with Crippen LogP contribution in [0, 0.1) is 24.7 Å². The van der Waals surface area contributed by atoms with Crippen LogP contribution in [0.5, 0.6) is 5.75 Å². The lowest BCUT2D eigenvalue weighted by Gasteiger charge is -2.30. The van der Waals surface area contributed by atoms with Gasteiger partial charge in [0.1, 0.15) is 19.0 Å². The standard InChI is InChI=1S/C16H17NO3/c1-4-11-19-14-10-8-7-9-13(14)16(6-3,15(17)18)20-12-5-2/h1-2,7-10H,6,11-12H2,3H3,(H2,17,18). The van der Waals surface area contributed by atoms with Crippen molar-refractivity contribution in [2.75, 3.05) is 13.2 Å². The Morgan fingerprint density at radius 2 is 1.95 bits per heavy atom. The molecule has 0 aliphatic rings. The summed E-state index contributed by atoms with van der Waals surface area (Å²) in [5.74, 6) is 4.56. The van der Waals surface area contributed by atoms with Crippen LogP contribution in [0.4, 0.5) is 0 Å². The van der Waals surface area contributed by atoms with E-state index in [2.05, 4.69) is 11.8 Å². The number of ether oxygens (including phenoxy) is 2. The Hall–Kier alpha value is -2.43. The van der Waals surface area contributed by atoms with E-state index in [1.807, 2.05) is 0 Å². The highest BCUT2D eigenvalue weighted by Gasteiger charge is 2.40. The van der Waals surface area contributed by atoms with Crippen molar-refractivity contribution < 1.29 is 14.3 Å². The van der Waals surface area contributed by atoms with Crippen molar-refractivity contribution in [1.82, 2.24) is 0 Å². The van der Waals surface area contributed by atoms with E-state index in [0.717, 1.165) is 0 Å². The first-order chi connectivity index (χ1) is 9.62. The van der Waals surface area contributed by atoms with Crippen LogP contribution in [0.2, 0.25) is 0 Å². The Bertz CT molecular complexity index is 554. The molecule has 0 aliphatic carbocycles. The first-order valence-corrected chi connectivity index (χ1v) is 6.15. The lowest BCUT2D eigenvalue weighted by Crippen LogP contribution is -2.43. The van der Waals surface area contributed by atoms with Crippen LogP contribution in [0.15, 0.2) is 24.3 Å². The van der Waals surface area contributed by atoms with Crippen molar-refractivity contribution >= 4 is 5.91 Å². The van der Waals surface area contributed by atoms with E-state index in [-0.39, 0.29) is 13.2 Å². The molecule has 0 fully saturated rings. The Morgan fingerprint density at radius 1 is 1.30 bits per heavy atom. The highest BCUT2D eigenvalue weighted by Crippen LogP contribution is 2.35. The van der Waals surface area contributed by atoms with Crippen LogP contribution in [0.25, 0.3) is 0 Å². The highest BCUT2D eigenvalue weighted by molar-refractivity contribution is 5.86. The summed E-state index contributed by atoms with van der Waals surface area (Å²) in [7, 11) is 0. The number of carbonyl (C=O) groups excluding carboxylic acids is 1. The van der Waals surface area contributed by atoms with Crippen molar-refractivity contribution in [3.8, 4) is 30.4 Å². The van der Waals surface area contributed by atoms with Crippen LogP contribution in [0.3, 0.4) is 0 Å². The minimum atomic E-state index is -1.32. The van der Waals surface area contributed by atoms with Crippen molar-refractivity contribution in [1.29, 1.82) is 0 Å². The fourth-order valence-corrected chi connectivity index (χ4v) is 1.96. The Morgan fingerprint density at radius 3 is 2.50 bits per heavy atom. The van der Waals surface area contributed by atoms with Crippen molar-refractivity contribution in [3.63, 3.8) is 0 Å². The summed E-state index contributed by atoms with van der Waals surface area (Å²) < 4.78 is 11.0. The molecule has 0 heterocycles. The lowest BCUT2D eigenvalue weighted by molar-refractivity contribution is -0.144. The highest BCUT2D eigenvalue weighted by atomic mass is 16.5. The molecule has 0 aliphatic heterocycles. The summed E-state index contributed by atoms with van der Waals surface area (Å²) in [6, 6.07) is 6.97. The molecule has 4 nitrogen and oxygen atoms in total. The molecule has 0 bridgehead atoms. The van der Waals surface area contributed by atoms with E-state index >= 15 is 0 Å². The molecule has 20 heavy (non-hydrogen) atoms. The van der Waals surface area contributed by atoms with Crippen LogP contribution in [-0.4, -0.2) is 19.1 Å².